The van der Waals surface area contributed by atoms with Gasteiger partial charge in [-0.1, -0.05) is 23.3 Å². The molecule has 1 aliphatic carbocycles. The van der Waals surface area contributed by atoms with Crippen LogP contribution in [0.3, 0.4) is 0 Å². The Morgan fingerprint density at radius 3 is 2.37 bits per heavy atom. The Hall–Kier alpha value is -2.68. The fourth-order valence-corrected chi connectivity index (χ4v) is 4.30. The molecule has 0 saturated carbocycles. The summed E-state index contributed by atoms with van der Waals surface area (Å²) in [5, 5.41) is 6.00. The van der Waals surface area contributed by atoms with Crippen LogP contribution in [0.2, 0.25) is 0 Å². The number of hydrazone groups is 1. The van der Waals surface area contributed by atoms with Gasteiger partial charge in [-0.25, -0.2) is 4.98 Å². The van der Waals surface area contributed by atoms with Crippen molar-refractivity contribution >= 4 is 22.4 Å². The Morgan fingerprint density at radius 1 is 0.815 bits per heavy atom. The van der Waals surface area contributed by atoms with Crippen molar-refractivity contribution in [3.05, 3.63) is 69.3 Å². The number of fused-ring (bicyclic) bond motifs is 2. The zero-order valence-electron chi connectivity index (χ0n) is 16.9. The maximum Gasteiger partial charge on any atom is 0.147 e. The monoisotopic (exact) mass is 357 g/mol. The van der Waals surface area contributed by atoms with Crippen LogP contribution in [0.15, 0.2) is 35.4 Å². The van der Waals surface area contributed by atoms with E-state index in [9.17, 15) is 0 Å². The lowest BCUT2D eigenvalue weighted by atomic mass is 9.86. The molecule has 3 aromatic rings. The molecule has 2 aromatic carbocycles. The predicted molar refractivity (Wildman–Crippen MR) is 115 cm³/mol. The van der Waals surface area contributed by atoms with E-state index in [2.05, 4.69) is 70.4 Å². The smallest absolute Gasteiger partial charge is 0.147 e. The van der Waals surface area contributed by atoms with E-state index in [1.807, 2.05) is 0 Å². The average Bonchev–Trinajstić information content (AvgIpc) is 2.61. The van der Waals surface area contributed by atoms with Gasteiger partial charge in [-0.05, 0) is 94.3 Å². The Bertz CT molecular complexity index is 1080. The molecule has 3 heteroatoms. The third-order valence-corrected chi connectivity index (χ3v) is 5.53. The molecular formula is C24H27N3. The lowest BCUT2D eigenvalue weighted by molar-refractivity contribution is 0.829. The molecule has 1 aromatic heterocycles. The first-order valence-corrected chi connectivity index (χ1v) is 9.74. The molecule has 138 valence electrons. The van der Waals surface area contributed by atoms with Gasteiger partial charge in [0.05, 0.1) is 11.2 Å². The molecule has 0 atom stereocenters. The first-order valence-electron chi connectivity index (χ1n) is 9.74. The van der Waals surface area contributed by atoms with Gasteiger partial charge in [-0.2, -0.15) is 5.10 Å². The first-order chi connectivity index (χ1) is 12.9. The molecule has 0 saturated heterocycles. The van der Waals surface area contributed by atoms with Gasteiger partial charge >= 0.3 is 0 Å². The fraction of sp³-hybridized carbons (Fsp3) is 0.333. The normalized spacial score (nSPS) is 15.2. The van der Waals surface area contributed by atoms with Crippen LogP contribution in [0.5, 0.6) is 0 Å². The molecule has 0 fully saturated rings. The summed E-state index contributed by atoms with van der Waals surface area (Å²) < 4.78 is 0. The van der Waals surface area contributed by atoms with E-state index in [1.54, 1.807) is 0 Å². The van der Waals surface area contributed by atoms with Crippen LogP contribution in [-0.2, 0) is 6.42 Å². The number of hydrogen-bond acceptors (Lipinski definition) is 3. The Labute approximate surface area is 161 Å². The van der Waals surface area contributed by atoms with Crippen molar-refractivity contribution in [3.8, 4) is 0 Å². The third-order valence-electron chi connectivity index (χ3n) is 5.53. The number of pyridine rings is 1. The van der Waals surface area contributed by atoms with Crippen molar-refractivity contribution in [2.24, 2.45) is 5.10 Å². The minimum atomic E-state index is 0.816. The molecule has 0 amide bonds. The minimum absolute atomic E-state index is 0.816. The molecule has 27 heavy (non-hydrogen) atoms. The molecule has 0 spiro atoms. The maximum atomic E-state index is 4.83. The quantitative estimate of drug-likeness (QED) is 0.577. The topological polar surface area (TPSA) is 37.3 Å². The van der Waals surface area contributed by atoms with Gasteiger partial charge in [0.1, 0.15) is 5.82 Å². The Morgan fingerprint density at radius 2 is 1.56 bits per heavy atom. The van der Waals surface area contributed by atoms with Gasteiger partial charge in [-0.15, -0.1) is 0 Å². The van der Waals surface area contributed by atoms with Crippen molar-refractivity contribution < 1.29 is 0 Å². The maximum absolute atomic E-state index is 4.83. The van der Waals surface area contributed by atoms with Crippen molar-refractivity contribution in [1.29, 1.82) is 0 Å². The highest BCUT2D eigenvalue weighted by atomic mass is 15.3. The number of nitrogens with one attached hydrogen (secondary N) is 1. The Balaban J connectivity index is 1.72. The molecule has 1 N–H and O–H groups in total. The second-order valence-corrected chi connectivity index (χ2v) is 7.93. The predicted octanol–water partition coefficient (Wildman–Crippen LogP) is 5.93. The number of rotatable bonds is 2. The second kappa shape index (κ2) is 6.80. The number of hydrogen-bond donors (Lipinski definition) is 1. The number of aromatic nitrogens is 1. The summed E-state index contributed by atoms with van der Waals surface area (Å²) in [4.78, 5) is 4.83. The largest absolute Gasteiger partial charge is 0.261 e. The molecule has 0 bridgehead atoms. The van der Waals surface area contributed by atoms with Crippen molar-refractivity contribution in [2.45, 2.75) is 53.9 Å². The van der Waals surface area contributed by atoms with E-state index in [4.69, 9.17) is 10.1 Å². The van der Waals surface area contributed by atoms with Crippen molar-refractivity contribution in [2.75, 3.05) is 5.43 Å². The van der Waals surface area contributed by atoms with E-state index in [-0.39, 0.29) is 0 Å². The second-order valence-electron chi connectivity index (χ2n) is 7.93. The summed E-state index contributed by atoms with van der Waals surface area (Å²) in [5.41, 5.74) is 14.6. The van der Waals surface area contributed by atoms with Crippen LogP contribution in [-0.4, -0.2) is 10.7 Å². The molecule has 3 nitrogen and oxygen atoms in total. The number of benzene rings is 2. The van der Waals surface area contributed by atoms with Gasteiger partial charge in [0.15, 0.2) is 0 Å². The molecule has 0 radical (unpaired) electrons. The Kier molecular flexibility index (Phi) is 4.47. The molecule has 1 aliphatic rings. The SMILES string of the molecule is Cc1cc(C)c2c(c1)C(=NNc1cc(C)c3cc(C)cc(C)c3n1)CCC2. The lowest BCUT2D eigenvalue weighted by Crippen LogP contribution is -2.15. The van der Waals surface area contributed by atoms with E-state index in [1.165, 1.54) is 44.3 Å². The zero-order valence-corrected chi connectivity index (χ0v) is 16.9. The molecular weight excluding hydrogens is 330 g/mol. The number of nitrogens with zero attached hydrogens (tertiary/aromatic N) is 2. The summed E-state index contributed by atoms with van der Waals surface area (Å²) in [5.74, 6) is 0.816. The third kappa shape index (κ3) is 3.34. The molecule has 0 unspecified atom stereocenters. The van der Waals surface area contributed by atoms with Crippen molar-refractivity contribution in [1.82, 2.24) is 4.98 Å². The van der Waals surface area contributed by atoms with E-state index < -0.39 is 0 Å². The van der Waals surface area contributed by atoms with E-state index >= 15 is 0 Å². The van der Waals surface area contributed by atoms with Crippen LogP contribution in [0, 0.1) is 34.6 Å². The minimum Gasteiger partial charge on any atom is -0.261 e. The summed E-state index contributed by atoms with van der Waals surface area (Å²) >= 11 is 0. The average molecular weight is 358 g/mol. The van der Waals surface area contributed by atoms with Crippen LogP contribution in [0.25, 0.3) is 10.9 Å². The van der Waals surface area contributed by atoms with Crippen LogP contribution in [0.1, 0.15) is 51.8 Å². The fourth-order valence-electron chi connectivity index (χ4n) is 4.30. The summed E-state index contributed by atoms with van der Waals surface area (Å²) in [6.07, 6.45) is 3.31. The van der Waals surface area contributed by atoms with Gasteiger partial charge in [0, 0.05) is 10.9 Å². The van der Waals surface area contributed by atoms with Gasteiger partial charge < -0.3 is 0 Å². The highest BCUT2D eigenvalue weighted by Gasteiger charge is 2.18. The first kappa shape index (κ1) is 17.7. The molecule has 1 heterocycles. The highest BCUT2D eigenvalue weighted by Crippen LogP contribution is 2.27. The van der Waals surface area contributed by atoms with Gasteiger partial charge in [0.2, 0.25) is 0 Å². The standard InChI is InChI=1S/C24H27N3/c1-14-9-16(3)19-7-6-8-22(21(19)12-14)26-27-23-13-17(4)20-11-15(2)10-18(5)24(20)25-23/h9-13H,6-8H2,1-5H3,(H,25,27). The van der Waals surface area contributed by atoms with E-state index in [0.717, 1.165) is 36.3 Å². The molecule has 0 aliphatic heterocycles. The van der Waals surface area contributed by atoms with Crippen molar-refractivity contribution in [3.63, 3.8) is 0 Å². The highest BCUT2D eigenvalue weighted by molar-refractivity contribution is 6.03. The van der Waals surface area contributed by atoms with Crippen LogP contribution < -0.4 is 5.43 Å². The summed E-state index contributed by atoms with van der Waals surface area (Å²) in [7, 11) is 0. The van der Waals surface area contributed by atoms with Crippen LogP contribution in [0.4, 0.5) is 5.82 Å². The van der Waals surface area contributed by atoms with E-state index in [0.29, 0.717) is 0 Å². The van der Waals surface area contributed by atoms with Gasteiger partial charge in [-0.3, -0.25) is 5.43 Å². The lowest BCUT2D eigenvalue weighted by Gasteiger charge is -2.21. The van der Waals surface area contributed by atoms with Crippen LogP contribution >= 0.6 is 0 Å². The summed E-state index contributed by atoms with van der Waals surface area (Å²) in [6, 6.07) is 11.0. The number of anilines is 1. The zero-order chi connectivity index (χ0) is 19.1. The summed E-state index contributed by atoms with van der Waals surface area (Å²) in [6.45, 7) is 10.8. The number of aryl methyl sites for hydroxylation is 5. The molecule has 4 rings (SSSR count). The van der Waals surface area contributed by atoms with Gasteiger partial charge in [0.25, 0.3) is 0 Å².